The molecule has 14 heavy (non-hydrogen) atoms. The predicted molar refractivity (Wildman–Crippen MR) is 65.7 cm³/mol. The molecule has 0 saturated heterocycles. The van der Waals surface area contributed by atoms with Crippen LogP contribution in [0.25, 0.3) is 0 Å². The molecule has 0 atom stereocenters. The zero-order valence-corrected chi connectivity index (χ0v) is 11.1. The van der Waals surface area contributed by atoms with Crippen molar-refractivity contribution in [3.05, 3.63) is 0 Å². The van der Waals surface area contributed by atoms with Crippen molar-refractivity contribution >= 4 is 0 Å². The Kier molecular flexibility index (Phi) is 15.2. The van der Waals surface area contributed by atoms with Crippen LogP contribution in [0, 0.1) is 11.8 Å². The zero-order chi connectivity index (χ0) is 11.4. The van der Waals surface area contributed by atoms with Gasteiger partial charge in [0.2, 0.25) is 0 Å². The summed E-state index contributed by atoms with van der Waals surface area (Å²) in [6.07, 6.45) is 7.82. The van der Waals surface area contributed by atoms with E-state index in [4.69, 9.17) is 0 Å². The van der Waals surface area contributed by atoms with Gasteiger partial charge < -0.3 is 4.74 Å². The molecule has 2 aliphatic rings. The molecule has 0 aliphatic heterocycles. The number of hydrogen-bond acceptors (Lipinski definition) is 1. The van der Waals surface area contributed by atoms with E-state index in [0.29, 0.717) is 0 Å². The molecule has 2 bridgehead atoms. The van der Waals surface area contributed by atoms with Gasteiger partial charge in [-0.25, -0.2) is 0 Å². The Morgan fingerprint density at radius 2 is 0.929 bits per heavy atom. The lowest BCUT2D eigenvalue weighted by Gasteiger charge is -2.05. The van der Waals surface area contributed by atoms with Gasteiger partial charge in [0.25, 0.3) is 0 Å². The van der Waals surface area contributed by atoms with Crippen LogP contribution in [0.5, 0.6) is 0 Å². The van der Waals surface area contributed by atoms with E-state index in [2.05, 4.69) is 4.74 Å². The number of fused-ring (bicyclic) bond motifs is 2. The lowest BCUT2D eigenvalue weighted by Crippen LogP contribution is -1.90. The van der Waals surface area contributed by atoms with Crippen molar-refractivity contribution in [3.63, 3.8) is 0 Å². The third kappa shape index (κ3) is 7.37. The first-order valence-electron chi connectivity index (χ1n) is 6.27. The molecule has 0 amide bonds. The molecule has 0 heterocycles. The van der Waals surface area contributed by atoms with E-state index < -0.39 is 0 Å². The third-order valence-electron chi connectivity index (χ3n) is 2.63. The average Bonchev–Trinajstić information content (AvgIpc) is 2.89. The van der Waals surface area contributed by atoms with Gasteiger partial charge in [0.1, 0.15) is 0 Å². The Balaban J connectivity index is 0. The van der Waals surface area contributed by atoms with Crippen molar-refractivity contribution in [3.8, 4) is 0 Å². The molecule has 0 spiro atoms. The fraction of sp³-hybridized carbons (Fsp3) is 1.00. The summed E-state index contributed by atoms with van der Waals surface area (Å²) in [6.45, 7) is 8.00. The summed E-state index contributed by atoms with van der Waals surface area (Å²) in [6, 6.07) is 0. The molecule has 2 saturated carbocycles. The molecule has 0 unspecified atom stereocenters. The van der Waals surface area contributed by atoms with E-state index in [1.54, 1.807) is 46.3 Å². The standard InChI is InChI=1S/C7H12.C2H6O.2C2H6/c1-2-7-4-3-6(1)5-7;1-3-2;2*1-2/h6-7H,1-5H2;1-2H3;2*1-2H3. The molecule has 0 N–H and O–H groups in total. The summed E-state index contributed by atoms with van der Waals surface area (Å²) < 4.78 is 4.25. The molecule has 2 aliphatic carbocycles. The van der Waals surface area contributed by atoms with Crippen molar-refractivity contribution in [1.29, 1.82) is 0 Å². The summed E-state index contributed by atoms with van der Waals surface area (Å²) >= 11 is 0. The van der Waals surface area contributed by atoms with E-state index in [0.717, 1.165) is 0 Å². The van der Waals surface area contributed by atoms with Crippen molar-refractivity contribution in [2.75, 3.05) is 14.2 Å². The molecule has 0 aromatic heterocycles. The first kappa shape index (κ1) is 16.4. The van der Waals surface area contributed by atoms with Gasteiger partial charge in [-0.1, -0.05) is 53.4 Å². The van der Waals surface area contributed by atoms with Crippen molar-refractivity contribution in [2.45, 2.75) is 59.8 Å². The Labute approximate surface area is 91.2 Å². The maximum Gasteiger partial charge on any atom is 0.0351 e. The molecule has 0 aromatic rings. The molecule has 1 heteroatoms. The molecule has 2 rings (SSSR count). The molecular formula is C13H30O. The zero-order valence-electron chi connectivity index (χ0n) is 11.1. The molecule has 88 valence electrons. The Morgan fingerprint density at radius 3 is 1.00 bits per heavy atom. The summed E-state index contributed by atoms with van der Waals surface area (Å²) in [5.41, 5.74) is 0. The van der Waals surface area contributed by atoms with Crippen molar-refractivity contribution in [2.24, 2.45) is 11.8 Å². The van der Waals surface area contributed by atoms with Gasteiger partial charge in [-0.05, 0) is 18.3 Å². The summed E-state index contributed by atoms with van der Waals surface area (Å²) in [7, 11) is 3.25. The first-order valence-corrected chi connectivity index (χ1v) is 6.27. The number of ether oxygens (including phenoxy) is 1. The topological polar surface area (TPSA) is 9.23 Å². The highest BCUT2D eigenvalue weighted by Crippen LogP contribution is 2.43. The summed E-state index contributed by atoms with van der Waals surface area (Å²) in [5, 5.41) is 0. The largest absolute Gasteiger partial charge is 0.388 e. The van der Waals surface area contributed by atoms with Gasteiger partial charge in [0, 0.05) is 14.2 Å². The van der Waals surface area contributed by atoms with Crippen LogP contribution >= 0.6 is 0 Å². The van der Waals surface area contributed by atoms with Crippen LogP contribution in [0.2, 0.25) is 0 Å². The van der Waals surface area contributed by atoms with Crippen LogP contribution in [0.1, 0.15) is 59.8 Å². The number of hydrogen-bond donors (Lipinski definition) is 0. The maximum atomic E-state index is 4.25. The van der Waals surface area contributed by atoms with Gasteiger partial charge in [0.15, 0.2) is 0 Å². The first-order chi connectivity index (χ1) is 6.86. The molecular weight excluding hydrogens is 172 g/mol. The van der Waals surface area contributed by atoms with E-state index in [1.807, 2.05) is 27.7 Å². The van der Waals surface area contributed by atoms with Crippen LogP contribution in [0.15, 0.2) is 0 Å². The van der Waals surface area contributed by atoms with E-state index in [-0.39, 0.29) is 0 Å². The fourth-order valence-corrected chi connectivity index (χ4v) is 2.17. The van der Waals surface area contributed by atoms with Crippen LogP contribution in [-0.4, -0.2) is 14.2 Å². The minimum Gasteiger partial charge on any atom is -0.388 e. The van der Waals surface area contributed by atoms with E-state index >= 15 is 0 Å². The molecule has 2 fully saturated rings. The molecule has 1 nitrogen and oxygen atoms in total. The predicted octanol–water partition coefficient (Wildman–Crippen LogP) is 4.51. The van der Waals surface area contributed by atoms with Crippen LogP contribution in [-0.2, 0) is 4.74 Å². The molecule has 0 aromatic carbocycles. The van der Waals surface area contributed by atoms with Crippen molar-refractivity contribution in [1.82, 2.24) is 0 Å². The quantitative estimate of drug-likeness (QED) is 0.561. The highest BCUT2D eigenvalue weighted by Gasteiger charge is 2.30. The van der Waals surface area contributed by atoms with E-state index in [1.165, 1.54) is 11.8 Å². The van der Waals surface area contributed by atoms with Gasteiger partial charge >= 0.3 is 0 Å². The van der Waals surface area contributed by atoms with Crippen LogP contribution < -0.4 is 0 Å². The molecule has 0 radical (unpaired) electrons. The van der Waals surface area contributed by atoms with Gasteiger partial charge in [-0.2, -0.15) is 0 Å². The highest BCUT2D eigenvalue weighted by atomic mass is 16.4. The monoisotopic (exact) mass is 202 g/mol. The minimum absolute atomic E-state index is 1.17. The highest BCUT2D eigenvalue weighted by molar-refractivity contribution is 4.82. The third-order valence-corrected chi connectivity index (χ3v) is 2.63. The number of methoxy groups -OCH3 is 1. The lowest BCUT2D eigenvalue weighted by atomic mass is 10.0. The maximum absolute atomic E-state index is 4.25. The van der Waals surface area contributed by atoms with Gasteiger partial charge in [-0.3, -0.25) is 0 Å². The summed E-state index contributed by atoms with van der Waals surface area (Å²) in [4.78, 5) is 0. The Hall–Kier alpha value is -0.0400. The van der Waals surface area contributed by atoms with Crippen LogP contribution in [0.4, 0.5) is 0 Å². The van der Waals surface area contributed by atoms with Gasteiger partial charge in [0.05, 0.1) is 0 Å². The second kappa shape index (κ2) is 13.0. The second-order valence-corrected chi connectivity index (χ2v) is 3.53. The fourth-order valence-electron chi connectivity index (χ4n) is 2.17. The minimum atomic E-state index is 1.17. The van der Waals surface area contributed by atoms with Crippen LogP contribution in [0.3, 0.4) is 0 Å². The van der Waals surface area contributed by atoms with Gasteiger partial charge in [-0.15, -0.1) is 0 Å². The smallest absolute Gasteiger partial charge is 0.0351 e. The van der Waals surface area contributed by atoms with E-state index in [9.17, 15) is 0 Å². The second-order valence-electron chi connectivity index (χ2n) is 3.53. The number of rotatable bonds is 0. The summed E-state index contributed by atoms with van der Waals surface area (Å²) in [5.74, 6) is 2.34. The normalized spacial score (nSPS) is 26.1. The average molecular weight is 202 g/mol. The lowest BCUT2D eigenvalue weighted by molar-refractivity contribution is 0.277. The Morgan fingerprint density at radius 1 is 0.714 bits per heavy atom. The SMILES string of the molecule is C1CC2CCC1C2.CC.CC.COC. The Bertz CT molecular complexity index is 73.2. The van der Waals surface area contributed by atoms with Crippen molar-refractivity contribution < 1.29 is 4.74 Å².